The molecule has 0 aliphatic heterocycles. The van der Waals surface area contributed by atoms with Crippen LogP contribution >= 0.6 is 0 Å². The average Bonchev–Trinajstić information content (AvgIpc) is 2.77. The number of hydrogen-bond acceptors (Lipinski definition) is 6. The van der Waals surface area contributed by atoms with E-state index in [1.165, 1.54) is 21.5 Å². The number of nitrogens with one attached hydrogen (secondary N) is 2. The zero-order valence-corrected chi connectivity index (χ0v) is 19.0. The molecule has 14 heteroatoms. The van der Waals surface area contributed by atoms with Gasteiger partial charge in [-0.1, -0.05) is 54.6 Å². The van der Waals surface area contributed by atoms with Crippen molar-refractivity contribution >= 4 is 67.7 Å². The summed E-state index contributed by atoms with van der Waals surface area (Å²) < 4.78 is 0. The molecule has 5 rings (SSSR count). The van der Waals surface area contributed by atoms with Crippen LogP contribution in [0, 0.1) is 10.8 Å². The van der Waals surface area contributed by atoms with Crippen LogP contribution in [0.2, 0.25) is 0 Å². The summed E-state index contributed by atoms with van der Waals surface area (Å²) in [6, 6.07) is 20.6. The molecule has 0 saturated heterocycles. The van der Waals surface area contributed by atoms with E-state index in [1.54, 1.807) is 6.07 Å². The Balaban J connectivity index is 0.000000376. The fourth-order valence-corrected chi connectivity index (χ4v) is 3.72. The van der Waals surface area contributed by atoms with Gasteiger partial charge in [0.1, 0.15) is 0 Å². The summed E-state index contributed by atoms with van der Waals surface area (Å²) in [7, 11) is 0. The maximum Gasteiger partial charge on any atom is 0.503 e. The van der Waals surface area contributed by atoms with Gasteiger partial charge >= 0.3 is 24.6 Å². The SMILES string of the molecule is N=c1cc2cccc3c4cccc5cccc(c(c1=N)c23)c54.O=C(O)O.O=C(O)O.O=C(O)O.O=C(O)O. The lowest BCUT2D eigenvalue weighted by Crippen LogP contribution is -2.23. The molecule has 0 fully saturated rings. The van der Waals surface area contributed by atoms with Gasteiger partial charge in [0.25, 0.3) is 0 Å². The Morgan fingerprint density at radius 3 is 1.24 bits per heavy atom. The summed E-state index contributed by atoms with van der Waals surface area (Å²) in [5.74, 6) is 0. The molecule has 0 saturated carbocycles. The average molecular weight is 528 g/mol. The highest BCUT2D eigenvalue weighted by atomic mass is 16.6. The lowest BCUT2D eigenvalue weighted by atomic mass is 9.89. The highest BCUT2D eigenvalue weighted by Crippen LogP contribution is 2.37. The maximum absolute atomic E-state index is 8.56. The molecule has 0 atom stereocenters. The smallest absolute Gasteiger partial charge is 0.450 e. The van der Waals surface area contributed by atoms with E-state index in [-0.39, 0.29) is 5.36 Å². The summed E-state index contributed by atoms with van der Waals surface area (Å²) in [4.78, 5) is 34.2. The Bertz CT molecular complexity index is 1650. The highest BCUT2D eigenvalue weighted by molar-refractivity contribution is 6.32. The number of hydrogen-bond donors (Lipinski definition) is 10. The summed E-state index contributed by atoms with van der Waals surface area (Å²) >= 11 is 0. The van der Waals surface area contributed by atoms with Gasteiger partial charge in [-0.3, -0.25) is 10.8 Å². The number of fused-ring (bicyclic) bond motifs is 2. The van der Waals surface area contributed by atoms with Gasteiger partial charge in [-0.05, 0) is 43.8 Å². The fourth-order valence-electron chi connectivity index (χ4n) is 3.72. The molecule has 5 aromatic carbocycles. The monoisotopic (exact) mass is 528 g/mol. The van der Waals surface area contributed by atoms with E-state index in [9.17, 15) is 0 Å². The normalized spacial score (nSPS) is 9.47. The van der Waals surface area contributed by atoms with Crippen molar-refractivity contribution in [1.29, 1.82) is 10.8 Å². The molecular formula is C24H20N2O12. The van der Waals surface area contributed by atoms with E-state index in [1.807, 2.05) is 18.2 Å². The predicted molar refractivity (Wildman–Crippen MR) is 133 cm³/mol. The molecule has 198 valence electrons. The van der Waals surface area contributed by atoms with Gasteiger partial charge in [-0.25, -0.2) is 19.2 Å². The Kier molecular flexibility index (Phi) is 10.5. The minimum absolute atomic E-state index is 0.288. The molecule has 0 unspecified atom stereocenters. The van der Waals surface area contributed by atoms with Crippen molar-refractivity contribution < 1.29 is 60.0 Å². The van der Waals surface area contributed by atoms with Gasteiger partial charge in [0, 0.05) is 5.39 Å². The van der Waals surface area contributed by atoms with Gasteiger partial charge in [0.05, 0.1) is 10.7 Å². The third kappa shape index (κ3) is 8.09. The number of rotatable bonds is 0. The molecule has 0 heterocycles. The van der Waals surface area contributed by atoms with E-state index in [4.69, 9.17) is 70.8 Å². The van der Waals surface area contributed by atoms with E-state index < -0.39 is 24.6 Å². The second-order valence-corrected chi connectivity index (χ2v) is 6.92. The minimum Gasteiger partial charge on any atom is -0.450 e. The number of benzene rings is 5. The van der Waals surface area contributed by atoms with Crippen LogP contribution in [0.4, 0.5) is 19.2 Å². The highest BCUT2D eigenvalue weighted by Gasteiger charge is 2.13. The van der Waals surface area contributed by atoms with Crippen molar-refractivity contribution in [3.63, 3.8) is 0 Å². The molecular weight excluding hydrogens is 508 g/mol. The van der Waals surface area contributed by atoms with Gasteiger partial charge in [-0.2, -0.15) is 0 Å². The van der Waals surface area contributed by atoms with Crippen LogP contribution in [0.3, 0.4) is 0 Å². The molecule has 0 bridgehead atoms. The summed E-state index contributed by atoms with van der Waals surface area (Å²) in [6.45, 7) is 0. The molecule has 5 aromatic rings. The molecule has 14 nitrogen and oxygen atoms in total. The van der Waals surface area contributed by atoms with Crippen molar-refractivity contribution in [2.24, 2.45) is 0 Å². The summed E-state index contributed by atoms with van der Waals surface area (Å²) in [5, 5.41) is 81.9. The molecule has 0 aromatic heterocycles. The largest absolute Gasteiger partial charge is 0.503 e. The van der Waals surface area contributed by atoms with Crippen LogP contribution in [-0.4, -0.2) is 65.5 Å². The Morgan fingerprint density at radius 1 is 0.474 bits per heavy atom. The minimum atomic E-state index is -1.83. The summed E-state index contributed by atoms with van der Waals surface area (Å²) in [5.41, 5.74) is 0. The van der Waals surface area contributed by atoms with Gasteiger partial charge in [-0.15, -0.1) is 0 Å². The first-order valence-corrected chi connectivity index (χ1v) is 9.91. The van der Waals surface area contributed by atoms with Crippen LogP contribution in [-0.2, 0) is 0 Å². The third-order valence-corrected chi connectivity index (χ3v) is 4.63. The number of carbonyl (C=O) groups is 4. The van der Waals surface area contributed by atoms with Crippen molar-refractivity contribution in [3.8, 4) is 0 Å². The second-order valence-electron chi connectivity index (χ2n) is 6.92. The molecule has 0 spiro atoms. The molecule has 10 N–H and O–H groups in total. The van der Waals surface area contributed by atoms with Crippen LogP contribution in [0.15, 0.2) is 60.7 Å². The predicted octanol–water partition coefficient (Wildman–Crippen LogP) is 5.02. The molecule has 0 radical (unpaired) electrons. The first kappa shape index (κ1) is 30.1. The topological polar surface area (TPSA) is 278 Å². The Morgan fingerprint density at radius 2 is 0.816 bits per heavy atom. The zero-order valence-electron chi connectivity index (χ0n) is 19.0. The standard InChI is InChI=1S/C20H12N2.4CH2O3/c21-16-10-12-6-3-8-14-13-7-1-4-11-5-2-9-15(17(11)13)19(18(12)14)20(16)22;4*2-1(3)4/h1-10,21-22H;4*(H2,2,3,4). The maximum atomic E-state index is 8.56. The summed E-state index contributed by atoms with van der Waals surface area (Å²) in [6.07, 6.45) is -7.33. The third-order valence-electron chi connectivity index (χ3n) is 4.63. The van der Waals surface area contributed by atoms with E-state index in [0.717, 1.165) is 21.5 Å². The van der Waals surface area contributed by atoms with Crippen molar-refractivity contribution in [3.05, 3.63) is 71.4 Å². The Hall–Kier alpha value is -5.92. The second kappa shape index (κ2) is 13.2. The number of carboxylic acid groups (broad SMARTS) is 8. The van der Waals surface area contributed by atoms with Crippen molar-refractivity contribution in [2.45, 2.75) is 0 Å². The van der Waals surface area contributed by atoms with Crippen LogP contribution in [0.5, 0.6) is 0 Å². The van der Waals surface area contributed by atoms with E-state index in [0.29, 0.717) is 5.36 Å². The van der Waals surface area contributed by atoms with Crippen molar-refractivity contribution in [2.75, 3.05) is 0 Å². The fraction of sp³-hybridized carbons (Fsp3) is 0. The van der Waals surface area contributed by atoms with Crippen LogP contribution < -0.4 is 10.7 Å². The van der Waals surface area contributed by atoms with Crippen LogP contribution in [0.25, 0.3) is 43.1 Å². The first-order chi connectivity index (χ1) is 17.7. The lowest BCUT2D eigenvalue weighted by Gasteiger charge is -2.13. The molecule has 0 amide bonds. The van der Waals surface area contributed by atoms with Crippen LogP contribution in [0.1, 0.15) is 0 Å². The van der Waals surface area contributed by atoms with E-state index in [2.05, 4.69) is 36.4 Å². The zero-order chi connectivity index (χ0) is 29.2. The van der Waals surface area contributed by atoms with Gasteiger partial charge in [0.2, 0.25) is 0 Å². The quantitative estimate of drug-likeness (QED) is 0.0936. The Labute approximate surface area is 210 Å². The van der Waals surface area contributed by atoms with E-state index >= 15 is 0 Å². The molecule has 38 heavy (non-hydrogen) atoms. The van der Waals surface area contributed by atoms with Crippen molar-refractivity contribution in [1.82, 2.24) is 0 Å². The molecule has 0 aliphatic rings. The molecule has 0 aliphatic carbocycles. The van der Waals surface area contributed by atoms with Gasteiger partial charge in [0.15, 0.2) is 0 Å². The first-order valence-electron chi connectivity index (χ1n) is 9.91. The lowest BCUT2D eigenvalue weighted by molar-refractivity contribution is 0.135. The van der Waals surface area contributed by atoms with Gasteiger partial charge < -0.3 is 40.9 Å².